The summed E-state index contributed by atoms with van der Waals surface area (Å²) in [6.07, 6.45) is 0.898. The van der Waals surface area contributed by atoms with E-state index in [1.807, 2.05) is 19.1 Å². The van der Waals surface area contributed by atoms with E-state index in [-0.39, 0.29) is 23.6 Å². The number of alkyl halides is 2. The first-order chi connectivity index (χ1) is 12.9. The van der Waals surface area contributed by atoms with Gasteiger partial charge in [0.25, 0.3) is 5.91 Å². The van der Waals surface area contributed by atoms with Gasteiger partial charge in [0.1, 0.15) is 0 Å². The van der Waals surface area contributed by atoms with Gasteiger partial charge in [-0.1, -0.05) is 19.1 Å². The smallest absolute Gasteiger partial charge is 0.387 e. The van der Waals surface area contributed by atoms with Crippen molar-refractivity contribution in [1.82, 2.24) is 5.32 Å². The summed E-state index contributed by atoms with van der Waals surface area (Å²) in [4.78, 5) is 24.1. The maximum atomic E-state index is 12.3. The van der Waals surface area contributed by atoms with Crippen LogP contribution in [0.1, 0.15) is 22.8 Å². The molecule has 0 fully saturated rings. The number of aryl methyl sites for hydroxylation is 1. The van der Waals surface area contributed by atoms with E-state index < -0.39 is 18.4 Å². The minimum Gasteiger partial charge on any atom is -0.493 e. The Morgan fingerprint density at radius 3 is 2.37 bits per heavy atom. The van der Waals surface area contributed by atoms with Crippen LogP contribution in [-0.2, 0) is 11.2 Å². The van der Waals surface area contributed by atoms with Crippen molar-refractivity contribution < 1.29 is 27.8 Å². The Kier molecular flexibility index (Phi) is 7.10. The predicted molar refractivity (Wildman–Crippen MR) is 96.4 cm³/mol. The first-order valence-corrected chi connectivity index (χ1v) is 8.22. The van der Waals surface area contributed by atoms with Crippen LogP contribution in [0.25, 0.3) is 0 Å². The molecule has 0 aliphatic rings. The lowest BCUT2D eigenvalue weighted by molar-refractivity contribution is -0.115. The van der Waals surface area contributed by atoms with Crippen LogP contribution < -0.4 is 20.1 Å². The number of rotatable bonds is 8. The topological polar surface area (TPSA) is 76.7 Å². The van der Waals surface area contributed by atoms with Crippen LogP contribution in [0.2, 0.25) is 0 Å². The van der Waals surface area contributed by atoms with Gasteiger partial charge in [-0.2, -0.15) is 8.78 Å². The second-order valence-electron chi connectivity index (χ2n) is 5.53. The predicted octanol–water partition coefficient (Wildman–Crippen LogP) is 3.23. The molecule has 0 unspecified atom stereocenters. The average molecular weight is 378 g/mol. The van der Waals surface area contributed by atoms with Gasteiger partial charge in [-0.15, -0.1) is 0 Å². The summed E-state index contributed by atoms with van der Waals surface area (Å²) in [6.45, 7) is -1.22. The van der Waals surface area contributed by atoms with E-state index in [0.29, 0.717) is 5.69 Å². The van der Waals surface area contributed by atoms with Crippen LogP contribution in [0.5, 0.6) is 11.5 Å². The standard InChI is InChI=1S/C19H20F2N2O4/c1-3-12-4-7-14(8-5-12)23-17(24)11-22-18(25)13-6-9-15(27-19(20)21)16(10-13)26-2/h4-10,19H,3,11H2,1-2H3,(H,22,25)(H,23,24). The highest BCUT2D eigenvalue weighted by atomic mass is 19.3. The Balaban J connectivity index is 1.93. The van der Waals surface area contributed by atoms with E-state index in [2.05, 4.69) is 15.4 Å². The highest BCUT2D eigenvalue weighted by Gasteiger charge is 2.15. The van der Waals surface area contributed by atoms with Crippen molar-refractivity contribution in [1.29, 1.82) is 0 Å². The highest BCUT2D eigenvalue weighted by molar-refractivity contribution is 5.99. The van der Waals surface area contributed by atoms with Gasteiger partial charge in [0.05, 0.1) is 13.7 Å². The fourth-order valence-electron chi connectivity index (χ4n) is 2.29. The van der Waals surface area contributed by atoms with Gasteiger partial charge >= 0.3 is 6.61 Å². The molecule has 0 aliphatic carbocycles. The molecule has 2 amide bonds. The monoisotopic (exact) mass is 378 g/mol. The minimum absolute atomic E-state index is 0.0107. The molecule has 27 heavy (non-hydrogen) atoms. The highest BCUT2D eigenvalue weighted by Crippen LogP contribution is 2.29. The Morgan fingerprint density at radius 1 is 1.07 bits per heavy atom. The summed E-state index contributed by atoms with van der Waals surface area (Å²) in [5.41, 5.74) is 1.92. The molecule has 0 aromatic heterocycles. The minimum atomic E-state index is -3.01. The summed E-state index contributed by atoms with van der Waals surface area (Å²) in [7, 11) is 1.27. The Morgan fingerprint density at radius 2 is 1.78 bits per heavy atom. The van der Waals surface area contributed by atoms with Crippen molar-refractivity contribution in [2.75, 3.05) is 19.0 Å². The number of ether oxygens (including phenoxy) is 2. The number of carbonyl (C=O) groups excluding carboxylic acids is 2. The van der Waals surface area contributed by atoms with E-state index in [9.17, 15) is 18.4 Å². The number of methoxy groups -OCH3 is 1. The van der Waals surface area contributed by atoms with Crippen LogP contribution in [-0.4, -0.2) is 32.1 Å². The molecule has 0 radical (unpaired) electrons. The molecule has 0 bridgehead atoms. The van der Waals surface area contributed by atoms with Gasteiger partial charge in [0.15, 0.2) is 11.5 Å². The van der Waals surface area contributed by atoms with Gasteiger partial charge in [-0.25, -0.2) is 0 Å². The fourth-order valence-corrected chi connectivity index (χ4v) is 2.29. The van der Waals surface area contributed by atoms with Crippen molar-refractivity contribution in [2.45, 2.75) is 20.0 Å². The molecule has 2 aromatic carbocycles. The summed E-state index contributed by atoms with van der Waals surface area (Å²) in [5.74, 6) is -1.13. The number of halogens is 2. The molecular formula is C19H20F2N2O4. The number of anilines is 1. The van der Waals surface area contributed by atoms with Crippen molar-refractivity contribution >= 4 is 17.5 Å². The molecule has 0 heterocycles. The summed E-state index contributed by atoms with van der Waals surface area (Å²) >= 11 is 0. The Bertz CT molecular complexity index is 795. The lowest BCUT2D eigenvalue weighted by atomic mass is 10.1. The van der Waals surface area contributed by atoms with Crippen molar-refractivity contribution in [3.05, 3.63) is 53.6 Å². The zero-order valence-corrected chi connectivity index (χ0v) is 14.9. The van der Waals surface area contributed by atoms with E-state index in [1.165, 1.54) is 25.3 Å². The zero-order valence-electron chi connectivity index (χ0n) is 14.9. The molecular weight excluding hydrogens is 358 g/mol. The molecule has 2 N–H and O–H groups in total. The zero-order chi connectivity index (χ0) is 19.8. The largest absolute Gasteiger partial charge is 0.493 e. The maximum Gasteiger partial charge on any atom is 0.387 e. The SMILES string of the molecule is CCc1ccc(NC(=O)CNC(=O)c2ccc(OC(F)F)c(OC)c2)cc1. The quantitative estimate of drug-likeness (QED) is 0.739. The second kappa shape index (κ2) is 9.51. The van der Waals surface area contributed by atoms with Gasteiger partial charge in [0, 0.05) is 11.3 Å². The van der Waals surface area contributed by atoms with E-state index in [0.717, 1.165) is 12.0 Å². The molecule has 0 saturated carbocycles. The maximum absolute atomic E-state index is 12.3. The molecule has 2 rings (SSSR count). The van der Waals surface area contributed by atoms with Crippen molar-refractivity contribution in [3.63, 3.8) is 0 Å². The molecule has 8 heteroatoms. The third-order valence-corrected chi connectivity index (χ3v) is 3.70. The molecule has 6 nitrogen and oxygen atoms in total. The Hall–Kier alpha value is -3.16. The van der Waals surface area contributed by atoms with Gasteiger partial charge < -0.3 is 20.1 Å². The van der Waals surface area contributed by atoms with E-state index in [4.69, 9.17) is 4.74 Å². The lowest BCUT2D eigenvalue weighted by Gasteiger charge is -2.11. The van der Waals surface area contributed by atoms with Crippen molar-refractivity contribution in [3.8, 4) is 11.5 Å². The summed E-state index contributed by atoms with van der Waals surface area (Å²) in [6, 6.07) is 11.1. The molecule has 0 spiro atoms. The van der Waals surface area contributed by atoms with Crippen LogP contribution in [0, 0.1) is 0 Å². The summed E-state index contributed by atoms with van der Waals surface area (Å²) in [5, 5.41) is 5.13. The number of carbonyl (C=O) groups is 2. The van der Waals surface area contributed by atoms with Crippen LogP contribution in [0.15, 0.2) is 42.5 Å². The first-order valence-electron chi connectivity index (χ1n) is 8.22. The average Bonchev–Trinajstić information content (AvgIpc) is 2.66. The number of hydrogen-bond donors (Lipinski definition) is 2. The Labute approximate surface area is 155 Å². The van der Waals surface area contributed by atoms with Crippen LogP contribution in [0.3, 0.4) is 0 Å². The van der Waals surface area contributed by atoms with Gasteiger partial charge in [0.2, 0.25) is 5.91 Å². The lowest BCUT2D eigenvalue weighted by Crippen LogP contribution is -2.32. The number of amides is 2. The van der Waals surface area contributed by atoms with Crippen LogP contribution >= 0.6 is 0 Å². The molecule has 2 aromatic rings. The molecule has 144 valence electrons. The molecule has 0 atom stereocenters. The van der Waals surface area contributed by atoms with Crippen LogP contribution in [0.4, 0.5) is 14.5 Å². The van der Waals surface area contributed by atoms with Crippen molar-refractivity contribution in [2.24, 2.45) is 0 Å². The number of hydrogen-bond acceptors (Lipinski definition) is 4. The normalized spacial score (nSPS) is 10.4. The number of nitrogens with one attached hydrogen (secondary N) is 2. The fraction of sp³-hybridized carbons (Fsp3) is 0.263. The third-order valence-electron chi connectivity index (χ3n) is 3.70. The third kappa shape index (κ3) is 5.95. The number of benzene rings is 2. The molecule has 0 saturated heterocycles. The summed E-state index contributed by atoms with van der Waals surface area (Å²) < 4.78 is 33.9. The first kappa shape index (κ1) is 20.2. The van der Waals surface area contributed by atoms with Gasteiger partial charge in [-0.05, 0) is 42.3 Å². The second-order valence-corrected chi connectivity index (χ2v) is 5.53. The van der Waals surface area contributed by atoms with E-state index in [1.54, 1.807) is 12.1 Å². The molecule has 0 aliphatic heterocycles. The van der Waals surface area contributed by atoms with Gasteiger partial charge in [-0.3, -0.25) is 9.59 Å². The van der Waals surface area contributed by atoms with E-state index >= 15 is 0 Å².